The summed E-state index contributed by atoms with van der Waals surface area (Å²) in [5.41, 5.74) is 2.67. The van der Waals surface area contributed by atoms with E-state index in [0.29, 0.717) is 19.0 Å². The summed E-state index contributed by atoms with van der Waals surface area (Å²) in [6.07, 6.45) is -0.711. The Hall–Kier alpha value is -1.36. The van der Waals surface area contributed by atoms with E-state index in [-0.39, 0.29) is 0 Å². The number of ether oxygens (including phenoxy) is 2. The predicted octanol–water partition coefficient (Wildman–Crippen LogP) is 3.86. The number of aliphatic hydroxyl groups is 1. The molecule has 4 heteroatoms. The number of rotatable bonds is 6. The molecule has 0 bridgehead atoms. The second-order valence-corrected chi connectivity index (χ2v) is 5.70. The molecule has 2 aromatic carbocycles. The van der Waals surface area contributed by atoms with Gasteiger partial charge in [-0.3, -0.25) is 0 Å². The molecule has 0 aliphatic heterocycles. The first kappa shape index (κ1) is 16.0. The number of hydrogen-bond donors (Lipinski definition) is 1. The van der Waals surface area contributed by atoms with Crippen molar-refractivity contribution in [2.75, 3.05) is 20.3 Å². The van der Waals surface area contributed by atoms with Crippen molar-refractivity contribution >= 4 is 15.9 Å². The van der Waals surface area contributed by atoms with Gasteiger partial charge in [-0.1, -0.05) is 40.2 Å². The van der Waals surface area contributed by atoms with E-state index in [1.165, 1.54) is 0 Å². The van der Waals surface area contributed by atoms with Gasteiger partial charge in [0.25, 0.3) is 0 Å². The van der Waals surface area contributed by atoms with Crippen LogP contribution < -0.4 is 4.74 Å². The summed E-state index contributed by atoms with van der Waals surface area (Å²) < 4.78 is 11.7. The molecule has 0 fully saturated rings. The van der Waals surface area contributed by atoms with Crippen molar-refractivity contribution in [2.45, 2.75) is 13.0 Å². The minimum atomic E-state index is -0.711. The molecule has 2 rings (SSSR count). The van der Waals surface area contributed by atoms with Crippen LogP contribution in [0.5, 0.6) is 5.75 Å². The largest absolute Gasteiger partial charge is 0.491 e. The lowest BCUT2D eigenvalue weighted by Gasteiger charge is -2.18. The smallest absolute Gasteiger partial charge is 0.125 e. The topological polar surface area (TPSA) is 38.7 Å². The van der Waals surface area contributed by atoms with Crippen molar-refractivity contribution in [1.82, 2.24) is 0 Å². The molecule has 21 heavy (non-hydrogen) atoms. The Bertz CT molecular complexity index is 598. The summed E-state index contributed by atoms with van der Waals surface area (Å²) in [7, 11) is 1.63. The van der Waals surface area contributed by atoms with E-state index < -0.39 is 6.10 Å². The van der Waals surface area contributed by atoms with Crippen LogP contribution in [0.25, 0.3) is 0 Å². The van der Waals surface area contributed by atoms with Crippen molar-refractivity contribution < 1.29 is 14.6 Å². The van der Waals surface area contributed by atoms with E-state index >= 15 is 0 Å². The highest BCUT2D eigenvalue weighted by Crippen LogP contribution is 2.32. The zero-order valence-corrected chi connectivity index (χ0v) is 13.8. The predicted molar refractivity (Wildman–Crippen MR) is 86.8 cm³/mol. The van der Waals surface area contributed by atoms with Gasteiger partial charge in [-0.2, -0.15) is 0 Å². The van der Waals surface area contributed by atoms with Crippen LogP contribution in [0.4, 0.5) is 0 Å². The quantitative estimate of drug-likeness (QED) is 0.803. The highest BCUT2D eigenvalue weighted by molar-refractivity contribution is 9.10. The van der Waals surface area contributed by atoms with Crippen molar-refractivity contribution in [3.63, 3.8) is 0 Å². The normalized spacial score (nSPS) is 12.2. The van der Waals surface area contributed by atoms with Crippen LogP contribution in [-0.4, -0.2) is 25.4 Å². The second kappa shape index (κ2) is 7.59. The maximum absolute atomic E-state index is 10.7. The minimum Gasteiger partial charge on any atom is -0.491 e. The second-order valence-electron chi connectivity index (χ2n) is 4.78. The number of aliphatic hydroxyl groups excluding tert-OH is 1. The Morgan fingerprint density at radius 2 is 1.86 bits per heavy atom. The zero-order chi connectivity index (χ0) is 15.2. The number of hydrogen-bond acceptors (Lipinski definition) is 3. The van der Waals surface area contributed by atoms with Crippen LogP contribution in [0.3, 0.4) is 0 Å². The lowest BCUT2D eigenvalue weighted by atomic mass is 9.97. The van der Waals surface area contributed by atoms with Gasteiger partial charge in [-0.15, -0.1) is 0 Å². The van der Waals surface area contributed by atoms with E-state index in [4.69, 9.17) is 9.47 Å². The summed E-state index contributed by atoms with van der Waals surface area (Å²) in [5, 5.41) is 10.7. The van der Waals surface area contributed by atoms with Gasteiger partial charge in [-0.05, 0) is 36.2 Å². The van der Waals surface area contributed by atoms with Gasteiger partial charge in [-0.25, -0.2) is 0 Å². The molecule has 0 amide bonds. The lowest BCUT2D eigenvalue weighted by Crippen LogP contribution is -2.09. The fourth-order valence-corrected chi connectivity index (χ4v) is 2.66. The molecule has 1 unspecified atom stereocenters. The van der Waals surface area contributed by atoms with E-state index in [2.05, 4.69) is 15.9 Å². The van der Waals surface area contributed by atoms with Crippen LogP contribution in [0.15, 0.2) is 46.9 Å². The van der Waals surface area contributed by atoms with Gasteiger partial charge in [0.1, 0.15) is 18.5 Å². The van der Waals surface area contributed by atoms with Gasteiger partial charge >= 0.3 is 0 Å². The molecular weight excluding hydrogens is 332 g/mol. The Morgan fingerprint density at radius 1 is 1.10 bits per heavy atom. The highest BCUT2D eigenvalue weighted by Gasteiger charge is 2.17. The maximum atomic E-state index is 10.7. The van der Waals surface area contributed by atoms with Crippen LogP contribution >= 0.6 is 15.9 Å². The molecule has 0 aliphatic carbocycles. The molecule has 0 saturated heterocycles. The number of methoxy groups -OCH3 is 1. The summed E-state index contributed by atoms with van der Waals surface area (Å²) >= 11 is 3.44. The first-order valence-corrected chi connectivity index (χ1v) is 7.57. The number of aryl methyl sites for hydroxylation is 1. The molecule has 0 spiro atoms. The Kier molecular flexibility index (Phi) is 5.79. The number of halogens is 1. The average Bonchev–Trinajstić information content (AvgIpc) is 2.47. The summed E-state index contributed by atoms with van der Waals surface area (Å²) in [5.74, 6) is 0.685. The molecule has 1 atom stereocenters. The number of benzene rings is 2. The van der Waals surface area contributed by atoms with E-state index in [9.17, 15) is 5.11 Å². The maximum Gasteiger partial charge on any atom is 0.125 e. The fraction of sp³-hybridized carbons (Fsp3) is 0.294. The third kappa shape index (κ3) is 4.06. The molecule has 0 heterocycles. The van der Waals surface area contributed by atoms with Crippen molar-refractivity contribution in [3.8, 4) is 5.75 Å². The Balaban J connectivity index is 2.27. The highest BCUT2D eigenvalue weighted by atomic mass is 79.9. The Labute approximate surface area is 133 Å². The number of para-hydroxylation sites is 1. The Morgan fingerprint density at radius 3 is 2.57 bits per heavy atom. The van der Waals surface area contributed by atoms with E-state index in [0.717, 1.165) is 21.2 Å². The molecule has 3 nitrogen and oxygen atoms in total. The standard InChI is InChI=1S/C17H19BrO3/c1-12-11-13(18)7-8-14(12)17(19)15-5-3-4-6-16(15)21-10-9-20-2/h3-8,11,17,19H,9-10H2,1-2H3. The van der Waals surface area contributed by atoms with Gasteiger partial charge in [0.05, 0.1) is 6.61 Å². The lowest BCUT2D eigenvalue weighted by molar-refractivity contribution is 0.142. The molecule has 2 aromatic rings. The molecule has 0 saturated carbocycles. The SMILES string of the molecule is COCCOc1ccccc1C(O)c1ccc(Br)cc1C. The van der Waals surface area contributed by atoms with Crippen LogP contribution in [0.2, 0.25) is 0 Å². The first-order chi connectivity index (χ1) is 10.1. The van der Waals surface area contributed by atoms with E-state index in [1.807, 2.05) is 49.4 Å². The van der Waals surface area contributed by atoms with Gasteiger partial charge in [0.2, 0.25) is 0 Å². The van der Waals surface area contributed by atoms with E-state index in [1.54, 1.807) is 7.11 Å². The van der Waals surface area contributed by atoms with Crippen LogP contribution in [0, 0.1) is 6.92 Å². The van der Waals surface area contributed by atoms with Gasteiger partial charge in [0.15, 0.2) is 0 Å². The van der Waals surface area contributed by atoms with Crippen molar-refractivity contribution in [2.24, 2.45) is 0 Å². The fourth-order valence-electron chi connectivity index (χ4n) is 2.19. The third-order valence-electron chi connectivity index (χ3n) is 3.29. The minimum absolute atomic E-state index is 0.458. The van der Waals surface area contributed by atoms with Gasteiger partial charge in [0, 0.05) is 17.1 Å². The first-order valence-electron chi connectivity index (χ1n) is 6.78. The summed E-state index contributed by atoms with van der Waals surface area (Å²) in [6, 6.07) is 13.4. The van der Waals surface area contributed by atoms with Crippen molar-refractivity contribution in [3.05, 3.63) is 63.6 Å². The monoisotopic (exact) mass is 350 g/mol. The van der Waals surface area contributed by atoms with Crippen LogP contribution in [0.1, 0.15) is 22.8 Å². The molecule has 0 aliphatic rings. The van der Waals surface area contributed by atoms with Crippen molar-refractivity contribution in [1.29, 1.82) is 0 Å². The summed E-state index contributed by atoms with van der Waals surface area (Å²) in [4.78, 5) is 0. The molecular formula is C17H19BrO3. The van der Waals surface area contributed by atoms with Gasteiger partial charge < -0.3 is 14.6 Å². The average molecular weight is 351 g/mol. The zero-order valence-electron chi connectivity index (χ0n) is 12.2. The molecule has 0 radical (unpaired) electrons. The molecule has 0 aromatic heterocycles. The molecule has 1 N–H and O–H groups in total. The summed E-state index contributed by atoms with van der Waals surface area (Å²) in [6.45, 7) is 2.96. The molecule has 112 valence electrons. The van der Waals surface area contributed by atoms with Crippen LogP contribution in [-0.2, 0) is 4.74 Å². The third-order valence-corrected chi connectivity index (χ3v) is 3.78.